The van der Waals surface area contributed by atoms with Gasteiger partial charge in [0.05, 0.1) is 22.5 Å². The molecule has 3 rings (SSSR count). The maximum atomic E-state index is 12.3. The molecule has 0 saturated heterocycles. The van der Waals surface area contributed by atoms with Crippen LogP contribution in [0.5, 0.6) is 0 Å². The van der Waals surface area contributed by atoms with E-state index in [1.807, 2.05) is 0 Å². The van der Waals surface area contributed by atoms with Gasteiger partial charge < -0.3 is 9.26 Å². The van der Waals surface area contributed by atoms with E-state index in [0.717, 1.165) is 23.9 Å². The number of esters is 1. The number of rotatable bonds is 6. The highest BCUT2D eigenvalue weighted by molar-refractivity contribution is 5.89. The first-order chi connectivity index (χ1) is 13.8. The highest BCUT2D eigenvalue weighted by atomic mass is 16.6. The monoisotopic (exact) mass is 401 g/mol. The van der Waals surface area contributed by atoms with Crippen molar-refractivity contribution in [3.05, 3.63) is 78.6 Å². The molecule has 0 aliphatic rings. The van der Waals surface area contributed by atoms with Gasteiger partial charge in [0.2, 0.25) is 11.7 Å². The van der Waals surface area contributed by atoms with Crippen molar-refractivity contribution >= 4 is 17.3 Å². The molecule has 0 aliphatic carbocycles. The van der Waals surface area contributed by atoms with Gasteiger partial charge in [0.1, 0.15) is 6.54 Å². The van der Waals surface area contributed by atoms with Crippen molar-refractivity contribution in [1.29, 1.82) is 0 Å². The SMILES string of the molecule is COC(=O)c1cc([N+](=O)[O-])c(=O)n(Cc2nc(-c3cccc([N+](=O)[O-])c3)no2)c1. The molecule has 0 fully saturated rings. The van der Waals surface area contributed by atoms with Crippen LogP contribution in [0.2, 0.25) is 0 Å². The Bertz CT molecular complexity index is 1180. The van der Waals surface area contributed by atoms with E-state index in [4.69, 9.17) is 4.52 Å². The zero-order chi connectivity index (χ0) is 21.1. The first kappa shape index (κ1) is 19.3. The summed E-state index contributed by atoms with van der Waals surface area (Å²) in [5, 5.41) is 25.7. The standard InChI is InChI=1S/C16H11N5O8/c1-28-16(23)10-6-12(21(26)27)15(22)19(7-10)8-13-17-14(18-29-13)9-3-2-4-11(5-9)20(24)25/h2-7H,8H2,1H3. The van der Waals surface area contributed by atoms with Crippen LogP contribution >= 0.6 is 0 Å². The Hall–Kier alpha value is -4.42. The summed E-state index contributed by atoms with van der Waals surface area (Å²) >= 11 is 0. The van der Waals surface area contributed by atoms with Gasteiger partial charge in [0.25, 0.3) is 5.69 Å². The number of carbonyl (C=O) groups is 1. The normalized spacial score (nSPS) is 10.5. The van der Waals surface area contributed by atoms with Crippen LogP contribution in [-0.2, 0) is 11.3 Å². The number of nitro benzene ring substituents is 1. The summed E-state index contributed by atoms with van der Waals surface area (Å²) in [4.78, 5) is 48.5. The molecule has 13 nitrogen and oxygen atoms in total. The van der Waals surface area contributed by atoms with Crippen molar-refractivity contribution in [2.75, 3.05) is 7.11 Å². The minimum Gasteiger partial charge on any atom is -0.465 e. The number of nitro groups is 2. The fraction of sp³-hybridized carbons (Fsp3) is 0.125. The number of methoxy groups -OCH3 is 1. The summed E-state index contributed by atoms with van der Waals surface area (Å²) in [7, 11) is 1.09. The number of pyridine rings is 1. The van der Waals surface area contributed by atoms with E-state index < -0.39 is 27.1 Å². The molecule has 0 atom stereocenters. The lowest BCUT2D eigenvalue weighted by molar-refractivity contribution is -0.386. The van der Waals surface area contributed by atoms with E-state index >= 15 is 0 Å². The van der Waals surface area contributed by atoms with Crippen LogP contribution in [-0.4, -0.2) is 37.6 Å². The van der Waals surface area contributed by atoms with Crippen LogP contribution in [0.25, 0.3) is 11.4 Å². The molecule has 0 radical (unpaired) electrons. The van der Waals surface area contributed by atoms with Gasteiger partial charge in [-0.25, -0.2) is 4.79 Å². The fourth-order valence-corrected chi connectivity index (χ4v) is 2.44. The molecule has 0 amide bonds. The van der Waals surface area contributed by atoms with Crippen molar-refractivity contribution in [3.63, 3.8) is 0 Å². The van der Waals surface area contributed by atoms with Crippen molar-refractivity contribution in [3.8, 4) is 11.4 Å². The summed E-state index contributed by atoms with van der Waals surface area (Å²) in [6.45, 7) is -0.369. The molecular weight excluding hydrogens is 390 g/mol. The Morgan fingerprint density at radius 3 is 2.66 bits per heavy atom. The maximum Gasteiger partial charge on any atom is 0.339 e. The first-order valence-corrected chi connectivity index (χ1v) is 7.84. The molecule has 0 saturated carbocycles. The summed E-state index contributed by atoms with van der Waals surface area (Å²) < 4.78 is 10.4. The highest BCUT2D eigenvalue weighted by Crippen LogP contribution is 2.21. The minimum absolute atomic E-state index is 0.0235. The Kier molecular flexibility index (Phi) is 5.12. The number of benzene rings is 1. The number of nitrogens with zero attached hydrogens (tertiary/aromatic N) is 5. The van der Waals surface area contributed by atoms with Gasteiger partial charge in [-0.15, -0.1) is 0 Å². The second-order valence-electron chi connectivity index (χ2n) is 5.61. The van der Waals surface area contributed by atoms with Crippen molar-refractivity contribution in [2.24, 2.45) is 0 Å². The number of non-ortho nitro benzene ring substituents is 1. The third-order valence-electron chi connectivity index (χ3n) is 3.77. The Balaban J connectivity index is 1.97. The number of hydrogen-bond donors (Lipinski definition) is 0. The predicted octanol–water partition coefficient (Wildman–Crippen LogP) is 1.55. The van der Waals surface area contributed by atoms with Crippen LogP contribution < -0.4 is 5.56 Å². The van der Waals surface area contributed by atoms with Crippen molar-refractivity contribution in [2.45, 2.75) is 6.54 Å². The maximum absolute atomic E-state index is 12.3. The van der Waals surface area contributed by atoms with E-state index in [-0.39, 0.29) is 29.5 Å². The van der Waals surface area contributed by atoms with Crippen molar-refractivity contribution < 1.29 is 23.9 Å². The molecule has 0 spiro atoms. The molecule has 148 valence electrons. The Morgan fingerprint density at radius 1 is 1.24 bits per heavy atom. The van der Waals surface area contributed by atoms with Crippen LogP contribution in [0.1, 0.15) is 16.2 Å². The lowest BCUT2D eigenvalue weighted by atomic mass is 10.2. The second-order valence-corrected chi connectivity index (χ2v) is 5.61. The average Bonchev–Trinajstić information content (AvgIpc) is 3.17. The van der Waals surface area contributed by atoms with E-state index in [0.29, 0.717) is 5.56 Å². The fourth-order valence-electron chi connectivity index (χ4n) is 2.44. The van der Waals surface area contributed by atoms with Gasteiger partial charge in [-0.3, -0.25) is 29.6 Å². The van der Waals surface area contributed by atoms with E-state index in [2.05, 4.69) is 14.9 Å². The van der Waals surface area contributed by atoms with Gasteiger partial charge in [0, 0.05) is 30.0 Å². The predicted molar refractivity (Wildman–Crippen MR) is 94.2 cm³/mol. The zero-order valence-corrected chi connectivity index (χ0v) is 14.7. The summed E-state index contributed by atoms with van der Waals surface area (Å²) in [5.74, 6) is -0.954. The number of aromatic nitrogens is 3. The summed E-state index contributed by atoms with van der Waals surface area (Å²) in [6.07, 6.45) is 1.07. The molecular formula is C16H11N5O8. The molecule has 0 aliphatic heterocycles. The summed E-state index contributed by atoms with van der Waals surface area (Å²) in [5.41, 5.74) is -1.90. The minimum atomic E-state index is -0.988. The number of carbonyl (C=O) groups excluding carboxylic acids is 1. The zero-order valence-electron chi connectivity index (χ0n) is 14.7. The van der Waals surface area contributed by atoms with Crippen LogP contribution in [0.15, 0.2) is 45.8 Å². The smallest absolute Gasteiger partial charge is 0.339 e. The van der Waals surface area contributed by atoms with E-state index in [1.54, 1.807) is 0 Å². The van der Waals surface area contributed by atoms with Gasteiger partial charge in [-0.05, 0) is 0 Å². The lowest BCUT2D eigenvalue weighted by Gasteiger charge is -2.05. The largest absolute Gasteiger partial charge is 0.465 e. The van der Waals surface area contributed by atoms with Gasteiger partial charge >= 0.3 is 17.2 Å². The number of hydrogen-bond acceptors (Lipinski definition) is 10. The Labute approximate surface area is 160 Å². The summed E-state index contributed by atoms with van der Waals surface area (Å²) in [6, 6.07) is 6.31. The van der Waals surface area contributed by atoms with Crippen LogP contribution in [0.3, 0.4) is 0 Å². The molecule has 0 bridgehead atoms. The lowest BCUT2D eigenvalue weighted by Crippen LogP contribution is -2.24. The van der Waals surface area contributed by atoms with E-state index in [9.17, 15) is 29.8 Å². The molecule has 0 unspecified atom stereocenters. The molecule has 1 aromatic carbocycles. The molecule has 29 heavy (non-hydrogen) atoms. The quantitative estimate of drug-likeness (QED) is 0.335. The molecule has 3 aromatic rings. The number of ether oxygens (including phenoxy) is 1. The highest BCUT2D eigenvalue weighted by Gasteiger charge is 2.21. The molecule has 13 heteroatoms. The van der Waals surface area contributed by atoms with Gasteiger partial charge in [-0.2, -0.15) is 4.98 Å². The third kappa shape index (κ3) is 3.97. The van der Waals surface area contributed by atoms with Crippen molar-refractivity contribution in [1.82, 2.24) is 14.7 Å². The average molecular weight is 401 g/mol. The molecule has 2 aromatic heterocycles. The second kappa shape index (κ2) is 7.67. The van der Waals surface area contributed by atoms with E-state index in [1.165, 1.54) is 24.3 Å². The third-order valence-corrected chi connectivity index (χ3v) is 3.77. The van der Waals surface area contributed by atoms with Crippen LogP contribution in [0.4, 0.5) is 11.4 Å². The van der Waals surface area contributed by atoms with Crippen LogP contribution in [0, 0.1) is 20.2 Å². The topological polar surface area (TPSA) is 174 Å². The molecule has 2 heterocycles. The van der Waals surface area contributed by atoms with Gasteiger partial charge in [0.15, 0.2) is 0 Å². The van der Waals surface area contributed by atoms with Gasteiger partial charge in [-0.1, -0.05) is 17.3 Å². The molecule has 0 N–H and O–H groups in total. The Morgan fingerprint density at radius 2 is 2.00 bits per heavy atom. The first-order valence-electron chi connectivity index (χ1n) is 7.84.